The van der Waals surface area contributed by atoms with E-state index in [4.69, 9.17) is 0 Å². The molecule has 0 aliphatic carbocycles. The minimum atomic E-state index is -2.92. The number of hydrogen-bond donors (Lipinski definition) is 2. The summed E-state index contributed by atoms with van der Waals surface area (Å²) in [5.41, 5.74) is 2.19. The third-order valence-electron chi connectivity index (χ3n) is 4.41. The first-order valence-corrected chi connectivity index (χ1v) is 9.04. The van der Waals surface area contributed by atoms with Gasteiger partial charge in [-0.15, -0.1) is 0 Å². The predicted molar refractivity (Wildman–Crippen MR) is 103 cm³/mol. The highest BCUT2D eigenvalue weighted by Crippen LogP contribution is 2.25. The van der Waals surface area contributed by atoms with Gasteiger partial charge >= 0.3 is 6.61 Å². The third-order valence-corrected chi connectivity index (χ3v) is 4.41. The summed E-state index contributed by atoms with van der Waals surface area (Å²) >= 11 is 0. The molecule has 144 valence electrons. The van der Waals surface area contributed by atoms with Crippen molar-refractivity contribution in [3.05, 3.63) is 48.5 Å². The Kier molecular flexibility index (Phi) is 6.46. The molecule has 0 saturated carbocycles. The van der Waals surface area contributed by atoms with Crippen LogP contribution >= 0.6 is 0 Å². The van der Waals surface area contributed by atoms with Crippen LogP contribution in [0.25, 0.3) is 0 Å². The van der Waals surface area contributed by atoms with E-state index in [9.17, 15) is 13.6 Å². The first-order chi connectivity index (χ1) is 13.1. The molecule has 1 aliphatic heterocycles. The number of benzene rings is 2. The number of halogens is 2. The lowest BCUT2D eigenvalue weighted by atomic mass is 10.1. The molecule has 0 unspecified atom stereocenters. The van der Waals surface area contributed by atoms with Gasteiger partial charge in [0.15, 0.2) is 0 Å². The van der Waals surface area contributed by atoms with E-state index in [0.717, 1.165) is 18.8 Å². The van der Waals surface area contributed by atoms with E-state index in [2.05, 4.69) is 20.3 Å². The second-order valence-electron chi connectivity index (χ2n) is 6.37. The van der Waals surface area contributed by atoms with Crippen LogP contribution in [0.3, 0.4) is 0 Å². The number of hydrogen-bond acceptors (Lipinski definition) is 4. The molecule has 1 aliphatic rings. The van der Waals surface area contributed by atoms with Gasteiger partial charge in [-0.2, -0.15) is 8.78 Å². The Balaban J connectivity index is 1.52. The zero-order valence-electron chi connectivity index (χ0n) is 15.0. The van der Waals surface area contributed by atoms with Gasteiger partial charge in [-0.05, 0) is 55.7 Å². The van der Waals surface area contributed by atoms with Crippen LogP contribution < -0.4 is 20.3 Å². The van der Waals surface area contributed by atoms with E-state index in [0.29, 0.717) is 11.4 Å². The van der Waals surface area contributed by atoms with Gasteiger partial charge in [0.2, 0.25) is 5.91 Å². The molecule has 2 aromatic carbocycles. The number of nitrogens with one attached hydrogen (secondary N) is 2. The number of carbonyl (C=O) groups excluding carboxylic acids is 1. The van der Waals surface area contributed by atoms with E-state index in [1.54, 1.807) is 18.2 Å². The van der Waals surface area contributed by atoms with Crippen LogP contribution in [0.5, 0.6) is 5.75 Å². The van der Waals surface area contributed by atoms with Crippen molar-refractivity contribution in [3.8, 4) is 5.75 Å². The van der Waals surface area contributed by atoms with Crippen LogP contribution in [0.2, 0.25) is 0 Å². The zero-order valence-corrected chi connectivity index (χ0v) is 15.0. The summed E-state index contributed by atoms with van der Waals surface area (Å²) < 4.78 is 29.3. The SMILES string of the molecule is O=C(CNc1ccccc1OC(F)F)Nc1ccc(N2CCCCC2)cc1. The number of alkyl halides is 2. The predicted octanol–water partition coefficient (Wildman–Crippen LogP) is 4.33. The number of nitrogens with zero attached hydrogens (tertiary/aromatic N) is 1. The minimum Gasteiger partial charge on any atom is -0.433 e. The van der Waals surface area contributed by atoms with Gasteiger partial charge < -0.3 is 20.3 Å². The summed E-state index contributed by atoms with van der Waals surface area (Å²) in [7, 11) is 0. The molecule has 5 nitrogen and oxygen atoms in total. The maximum Gasteiger partial charge on any atom is 0.387 e. The smallest absolute Gasteiger partial charge is 0.387 e. The Morgan fingerprint density at radius 3 is 2.44 bits per heavy atom. The molecule has 3 rings (SSSR count). The molecule has 0 spiro atoms. The van der Waals surface area contributed by atoms with E-state index in [1.807, 2.05) is 24.3 Å². The molecule has 27 heavy (non-hydrogen) atoms. The zero-order chi connectivity index (χ0) is 19.1. The molecule has 2 N–H and O–H groups in total. The van der Waals surface area contributed by atoms with Crippen molar-refractivity contribution in [1.82, 2.24) is 0 Å². The molecule has 0 bridgehead atoms. The van der Waals surface area contributed by atoms with Crippen LogP contribution in [0.4, 0.5) is 25.8 Å². The third kappa shape index (κ3) is 5.57. The van der Waals surface area contributed by atoms with Gasteiger partial charge in [-0.25, -0.2) is 0 Å². The molecule has 0 atom stereocenters. The van der Waals surface area contributed by atoms with Gasteiger partial charge in [-0.1, -0.05) is 12.1 Å². The Hall–Kier alpha value is -2.83. The summed E-state index contributed by atoms with van der Waals surface area (Å²) in [6, 6.07) is 14.0. The van der Waals surface area contributed by atoms with Gasteiger partial charge in [-0.3, -0.25) is 4.79 Å². The second-order valence-corrected chi connectivity index (χ2v) is 6.37. The summed E-state index contributed by atoms with van der Waals surface area (Å²) in [6.07, 6.45) is 3.70. The molecule has 0 aromatic heterocycles. The molecular weight excluding hydrogens is 352 g/mol. The van der Waals surface area contributed by atoms with E-state index >= 15 is 0 Å². The summed E-state index contributed by atoms with van der Waals surface area (Å²) in [4.78, 5) is 14.5. The number of piperidine rings is 1. The van der Waals surface area contributed by atoms with E-state index in [-0.39, 0.29) is 18.2 Å². The molecule has 0 radical (unpaired) electrons. The maximum atomic E-state index is 12.4. The van der Waals surface area contributed by atoms with Crippen LogP contribution in [0.1, 0.15) is 19.3 Å². The number of rotatable bonds is 7. The largest absolute Gasteiger partial charge is 0.433 e. The number of para-hydroxylation sites is 2. The van der Waals surface area contributed by atoms with Crippen molar-refractivity contribution in [1.29, 1.82) is 0 Å². The van der Waals surface area contributed by atoms with Gasteiger partial charge in [0.1, 0.15) is 5.75 Å². The van der Waals surface area contributed by atoms with Crippen molar-refractivity contribution in [2.75, 3.05) is 35.2 Å². The number of ether oxygens (including phenoxy) is 1. The normalized spacial score (nSPS) is 14.1. The molecule has 1 fully saturated rings. The van der Waals surface area contributed by atoms with Crippen molar-refractivity contribution >= 4 is 23.0 Å². The Labute approximate surface area is 157 Å². The maximum absolute atomic E-state index is 12.4. The van der Waals surface area contributed by atoms with Gasteiger partial charge in [0.05, 0.1) is 12.2 Å². The van der Waals surface area contributed by atoms with E-state index in [1.165, 1.54) is 25.3 Å². The number of carbonyl (C=O) groups is 1. The van der Waals surface area contributed by atoms with Crippen LogP contribution in [0.15, 0.2) is 48.5 Å². The fourth-order valence-electron chi connectivity index (χ4n) is 3.10. The molecule has 7 heteroatoms. The molecule has 1 amide bonds. The van der Waals surface area contributed by atoms with Crippen LogP contribution in [-0.2, 0) is 4.79 Å². The lowest BCUT2D eigenvalue weighted by Gasteiger charge is -2.28. The molecular formula is C20H23F2N3O2. The Bertz CT molecular complexity index is 747. The lowest BCUT2D eigenvalue weighted by Crippen LogP contribution is -2.29. The molecule has 1 heterocycles. The standard InChI is InChI=1S/C20H23F2N3O2/c21-20(22)27-18-7-3-2-6-17(18)23-14-19(26)24-15-8-10-16(11-9-15)25-12-4-1-5-13-25/h2-3,6-11,20,23H,1,4-5,12-14H2,(H,24,26). The monoisotopic (exact) mass is 375 g/mol. The minimum absolute atomic E-state index is 0.00573. The van der Waals surface area contributed by atoms with E-state index < -0.39 is 6.61 Å². The van der Waals surface area contributed by atoms with Crippen molar-refractivity contribution < 1.29 is 18.3 Å². The van der Waals surface area contributed by atoms with Crippen molar-refractivity contribution in [2.45, 2.75) is 25.9 Å². The average Bonchev–Trinajstić information content (AvgIpc) is 2.68. The highest BCUT2D eigenvalue weighted by molar-refractivity contribution is 5.94. The average molecular weight is 375 g/mol. The summed E-state index contributed by atoms with van der Waals surface area (Å²) in [5.74, 6) is -0.265. The second kappa shape index (κ2) is 9.21. The first kappa shape index (κ1) is 18.9. The molecule has 1 saturated heterocycles. The first-order valence-electron chi connectivity index (χ1n) is 9.04. The fourth-order valence-corrected chi connectivity index (χ4v) is 3.10. The highest BCUT2D eigenvalue weighted by Gasteiger charge is 2.12. The van der Waals surface area contributed by atoms with Crippen LogP contribution in [-0.4, -0.2) is 32.2 Å². The highest BCUT2D eigenvalue weighted by atomic mass is 19.3. The van der Waals surface area contributed by atoms with Crippen molar-refractivity contribution in [3.63, 3.8) is 0 Å². The summed E-state index contributed by atoms with van der Waals surface area (Å²) in [6.45, 7) is -0.844. The number of anilines is 3. The quantitative estimate of drug-likeness (QED) is 0.756. The van der Waals surface area contributed by atoms with Gasteiger partial charge in [0, 0.05) is 24.5 Å². The Morgan fingerprint density at radius 1 is 1.04 bits per heavy atom. The topological polar surface area (TPSA) is 53.6 Å². The Morgan fingerprint density at radius 2 is 1.74 bits per heavy atom. The van der Waals surface area contributed by atoms with Crippen LogP contribution in [0, 0.1) is 0 Å². The molecule has 2 aromatic rings. The number of amides is 1. The summed E-state index contributed by atoms with van der Waals surface area (Å²) in [5, 5.41) is 5.62. The fraction of sp³-hybridized carbons (Fsp3) is 0.350. The van der Waals surface area contributed by atoms with Gasteiger partial charge in [0.25, 0.3) is 0 Å². The lowest BCUT2D eigenvalue weighted by molar-refractivity contribution is -0.114. The van der Waals surface area contributed by atoms with Crippen molar-refractivity contribution in [2.24, 2.45) is 0 Å².